The number of nitrogens with zero attached hydrogens (tertiary/aromatic N) is 5. The number of anilines is 2. The number of aromatic nitrogens is 4. The van der Waals surface area contributed by atoms with E-state index < -0.39 is 0 Å². The topological polar surface area (TPSA) is 105 Å². The number of nitrogens with two attached hydrogens (primary N) is 1. The van der Waals surface area contributed by atoms with Crippen LogP contribution in [0.1, 0.15) is 11.1 Å². The largest absolute Gasteiger partial charge is 0.383 e. The first-order valence-electron chi connectivity index (χ1n) is 8.89. The predicted octanol–water partition coefficient (Wildman–Crippen LogP) is 3.44. The van der Waals surface area contributed by atoms with Gasteiger partial charge in [-0.1, -0.05) is 24.3 Å². The maximum atomic E-state index is 13.9. The lowest BCUT2D eigenvalue weighted by Gasteiger charge is -2.18. The van der Waals surface area contributed by atoms with Crippen LogP contribution in [0.5, 0.6) is 0 Å². The Kier molecular flexibility index (Phi) is 4.82. The minimum absolute atomic E-state index is 0.246. The van der Waals surface area contributed by atoms with Crippen LogP contribution in [0.3, 0.4) is 0 Å². The van der Waals surface area contributed by atoms with Crippen molar-refractivity contribution >= 4 is 28.9 Å². The van der Waals surface area contributed by atoms with Crippen LogP contribution in [0.2, 0.25) is 0 Å². The number of hydrogen-bond acceptors (Lipinski definition) is 7. The molecule has 8 heteroatoms. The Bertz CT molecular complexity index is 1210. The zero-order valence-electron chi connectivity index (χ0n) is 15.7. The summed E-state index contributed by atoms with van der Waals surface area (Å²) in [6, 6.07) is 12.2. The molecule has 0 atom stereocenters. The summed E-state index contributed by atoms with van der Waals surface area (Å²) in [4.78, 5) is 19.2. The average Bonchev–Trinajstić information content (AvgIpc) is 2.74. The third-order valence-electron chi connectivity index (χ3n) is 4.62. The van der Waals surface area contributed by atoms with Gasteiger partial charge in [0, 0.05) is 30.9 Å². The van der Waals surface area contributed by atoms with Crippen LogP contribution in [0.25, 0.3) is 22.3 Å². The lowest BCUT2D eigenvalue weighted by molar-refractivity contribution is 0.607. The van der Waals surface area contributed by atoms with Gasteiger partial charge < -0.3 is 16.0 Å². The molecule has 2 aromatic carbocycles. The molecule has 0 saturated carbocycles. The van der Waals surface area contributed by atoms with Crippen LogP contribution in [0.4, 0.5) is 16.0 Å². The number of halogens is 1. The summed E-state index contributed by atoms with van der Waals surface area (Å²) in [5.41, 5.74) is 9.61. The monoisotopic (exact) mass is 387 g/mol. The summed E-state index contributed by atoms with van der Waals surface area (Å²) in [6.45, 7) is 0.383. The molecular weight excluding hydrogens is 369 g/mol. The smallest absolute Gasteiger partial charge is 0.147 e. The maximum absolute atomic E-state index is 13.9. The Labute approximate surface area is 166 Å². The van der Waals surface area contributed by atoms with Gasteiger partial charge in [0.15, 0.2) is 0 Å². The van der Waals surface area contributed by atoms with Gasteiger partial charge in [0.1, 0.15) is 23.8 Å². The standard InChI is InChI=1S/C21H18FN7/c1-29(11-14-4-2-3-5-16(14)22)19-10-25-18-8-13(6-7-17(18)28-19)20-15(9-23)21(24)27-12-26-20/h2-10,12,23H,11H2,1H3,(H2,24,26,27). The van der Waals surface area contributed by atoms with Gasteiger partial charge in [0.25, 0.3) is 0 Å². The highest BCUT2D eigenvalue weighted by Crippen LogP contribution is 2.26. The van der Waals surface area contributed by atoms with Crippen LogP contribution in [-0.4, -0.2) is 33.2 Å². The van der Waals surface area contributed by atoms with E-state index in [1.165, 1.54) is 12.4 Å². The molecule has 0 aliphatic heterocycles. The molecular formula is C21H18FN7. The molecule has 0 aliphatic rings. The molecule has 2 heterocycles. The first kappa shape index (κ1) is 18.4. The zero-order chi connectivity index (χ0) is 20.4. The summed E-state index contributed by atoms with van der Waals surface area (Å²) in [6.07, 6.45) is 4.16. The fourth-order valence-electron chi connectivity index (χ4n) is 3.08. The summed E-state index contributed by atoms with van der Waals surface area (Å²) in [5.74, 6) is 0.644. The van der Waals surface area contributed by atoms with E-state index >= 15 is 0 Å². The second-order valence-corrected chi connectivity index (χ2v) is 6.54. The Hall–Kier alpha value is -3.94. The minimum Gasteiger partial charge on any atom is -0.383 e. The van der Waals surface area contributed by atoms with Gasteiger partial charge in [-0.25, -0.2) is 19.3 Å². The normalized spacial score (nSPS) is 10.8. The molecule has 4 aromatic rings. The molecule has 0 fully saturated rings. The lowest BCUT2D eigenvalue weighted by atomic mass is 10.1. The lowest BCUT2D eigenvalue weighted by Crippen LogP contribution is -2.18. The molecule has 0 bridgehead atoms. The molecule has 7 nitrogen and oxygen atoms in total. The van der Waals surface area contributed by atoms with Crippen molar-refractivity contribution in [2.45, 2.75) is 6.54 Å². The van der Waals surface area contributed by atoms with Crippen LogP contribution in [0, 0.1) is 11.2 Å². The molecule has 4 rings (SSSR count). The fourth-order valence-corrected chi connectivity index (χ4v) is 3.08. The number of hydrogen-bond donors (Lipinski definition) is 2. The predicted molar refractivity (Wildman–Crippen MR) is 111 cm³/mol. The third kappa shape index (κ3) is 3.60. The molecule has 0 radical (unpaired) electrons. The van der Waals surface area contributed by atoms with Gasteiger partial charge in [-0.3, -0.25) is 4.98 Å². The second-order valence-electron chi connectivity index (χ2n) is 6.54. The van der Waals surface area contributed by atoms with Crippen molar-refractivity contribution in [2.75, 3.05) is 17.7 Å². The molecule has 2 aromatic heterocycles. The van der Waals surface area contributed by atoms with Gasteiger partial charge in [0.2, 0.25) is 0 Å². The highest BCUT2D eigenvalue weighted by Gasteiger charge is 2.12. The van der Waals surface area contributed by atoms with Gasteiger partial charge in [-0.15, -0.1) is 0 Å². The van der Waals surface area contributed by atoms with Gasteiger partial charge in [-0.2, -0.15) is 0 Å². The molecule has 0 aliphatic carbocycles. The van der Waals surface area contributed by atoms with E-state index in [1.807, 2.05) is 36.2 Å². The summed E-state index contributed by atoms with van der Waals surface area (Å²) < 4.78 is 13.9. The first-order chi connectivity index (χ1) is 14.1. The molecule has 0 amide bonds. The first-order valence-corrected chi connectivity index (χ1v) is 8.89. The van der Waals surface area contributed by atoms with E-state index in [0.29, 0.717) is 40.2 Å². The summed E-state index contributed by atoms with van der Waals surface area (Å²) >= 11 is 0. The van der Waals surface area contributed by atoms with Crippen molar-refractivity contribution in [3.8, 4) is 11.3 Å². The summed E-state index contributed by atoms with van der Waals surface area (Å²) in [5, 5.41) is 7.58. The van der Waals surface area contributed by atoms with E-state index in [0.717, 1.165) is 11.8 Å². The van der Waals surface area contributed by atoms with Crippen molar-refractivity contribution in [3.05, 3.63) is 71.9 Å². The van der Waals surface area contributed by atoms with Crippen LogP contribution < -0.4 is 10.6 Å². The van der Waals surface area contributed by atoms with E-state index in [2.05, 4.69) is 19.9 Å². The van der Waals surface area contributed by atoms with Crippen molar-refractivity contribution in [3.63, 3.8) is 0 Å². The van der Waals surface area contributed by atoms with Gasteiger partial charge >= 0.3 is 0 Å². The highest BCUT2D eigenvalue weighted by molar-refractivity contribution is 5.93. The highest BCUT2D eigenvalue weighted by atomic mass is 19.1. The van der Waals surface area contributed by atoms with E-state index in [9.17, 15) is 4.39 Å². The Morgan fingerprint density at radius 1 is 1.10 bits per heavy atom. The quantitative estimate of drug-likeness (QED) is 0.508. The maximum Gasteiger partial charge on any atom is 0.147 e. The minimum atomic E-state index is -0.246. The Morgan fingerprint density at radius 3 is 2.72 bits per heavy atom. The van der Waals surface area contributed by atoms with Crippen LogP contribution in [0.15, 0.2) is 55.0 Å². The van der Waals surface area contributed by atoms with E-state index in [1.54, 1.807) is 18.3 Å². The number of rotatable bonds is 5. The van der Waals surface area contributed by atoms with Crippen molar-refractivity contribution in [1.82, 2.24) is 19.9 Å². The number of benzene rings is 2. The van der Waals surface area contributed by atoms with Gasteiger partial charge in [-0.05, 0) is 18.2 Å². The second kappa shape index (κ2) is 7.59. The zero-order valence-corrected chi connectivity index (χ0v) is 15.7. The SMILES string of the molecule is CN(Cc1ccccc1F)c1cnc2cc(-c3ncnc(N)c3C=N)ccc2n1. The average molecular weight is 387 g/mol. The molecule has 0 spiro atoms. The number of fused-ring (bicyclic) bond motifs is 1. The summed E-state index contributed by atoms with van der Waals surface area (Å²) in [7, 11) is 1.84. The molecule has 29 heavy (non-hydrogen) atoms. The molecule has 0 unspecified atom stereocenters. The van der Waals surface area contributed by atoms with Gasteiger partial charge in [0.05, 0.1) is 28.5 Å². The third-order valence-corrected chi connectivity index (χ3v) is 4.62. The van der Waals surface area contributed by atoms with E-state index in [-0.39, 0.29) is 11.6 Å². The van der Waals surface area contributed by atoms with Crippen molar-refractivity contribution < 1.29 is 4.39 Å². The number of nitrogen functional groups attached to an aromatic ring is 1. The molecule has 144 valence electrons. The van der Waals surface area contributed by atoms with E-state index in [4.69, 9.17) is 11.1 Å². The Balaban J connectivity index is 1.66. The van der Waals surface area contributed by atoms with Crippen LogP contribution >= 0.6 is 0 Å². The Morgan fingerprint density at radius 2 is 1.93 bits per heavy atom. The van der Waals surface area contributed by atoms with Crippen molar-refractivity contribution in [2.24, 2.45) is 0 Å². The van der Waals surface area contributed by atoms with Crippen LogP contribution in [-0.2, 0) is 6.54 Å². The van der Waals surface area contributed by atoms with Crippen molar-refractivity contribution in [1.29, 1.82) is 5.41 Å². The molecule has 0 saturated heterocycles. The fraction of sp³-hybridized carbons (Fsp3) is 0.0952. The number of nitrogens with one attached hydrogen (secondary N) is 1. The molecule has 3 N–H and O–H groups in total.